The molecule has 0 radical (unpaired) electrons. The van der Waals surface area contributed by atoms with Crippen LogP contribution in [0.4, 0.5) is 5.69 Å². The molecule has 0 aliphatic carbocycles. The molecule has 4 nitrogen and oxygen atoms in total. The van der Waals surface area contributed by atoms with E-state index in [2.05, 4.69) is 10.3 Å². The van der Waals surface area contributed by atoms with Crippen LogP contribution in [-0.4, -0.2) is 29.8 Å². The van der Waals surface area contributed by atoms with Crippen molar-refractivity contribution in [2.45, 2.75) is 13.0 Å². The molecule has 0 saturated carbocycles. The third-order valence-corrected chi connectivity index (χ3v) is 2.54. The third-order valence-electron chi connectivity index (χ3n) is 2.54. The molecule has 0 bridgehead atoms. The van der Waals surface area contributed by atoms with E-state index in [1.54, 1.807) is 20.2 Å². The average molecular weight is 232 g/mol. The second kappa shape index (κ2) is 5.01. The molecule has 2 rings (SSSR count). The van der Waals surface area contributed by atoms with Gasteiger partial charge in [0.05, 0.1) is 18.7 Å². The number of aromatic nitrogens is 1. The van der Waals surface area contributed by atoms with Crippen LogP contribution in [0.25, 0.3) is 10.9 Å². The number of anilines is 1. The number of pyridine rings is 1. The van der Waals surface area contributed by atoms with Gasteiger partial charge in [0.2, 0.25) is 0 Å². The van der Waals surface area contributed by atoms with Gasteiger partial charge in [-0.25, -0.2) is 0 Å². The van der Waals surface area contributed by atoms with Crippen LogP contribution in [-0.2, 0) is 0 Å². The molecule has 1 aromatic heterocycles. The number of benzene rings is 1. The molecule has 0 aliphatic rings. The minimum Gasteiger partial charge on any atom is -0.497 e. The highest BCUT2D eigenvalue weighted by molar-refractivity contribution is 5.92. The number of ether oxygens (including phenoxy) is 1. The lowest BCUT2D eigenvalue weighted by atomic mass is 10.1. The number of nitrogens with zero attached hydrogens (tertiary/aromatic N) is 1. The minimum atomic E-state index is -0.385. The summed E-state index contributed by atoms with van der Waals surface area (Å²) in [5.41, 5.74) is 1.86. The molecular weight excluding hydrogens is 216 g/mol. The van der Waals surface area contributed by atoms with E-state index < -0.39 is 0 Å². The predicted octanol–water partition coefficient (Wildman–Crippen LogP) is 2.04. The maximum atomic E-state index is 9.28. The fourth-order valence-electron chi connectivity index (χ4n) is 1.66. The van der Waals surface area contributed by atoms with E-state index in [4.69, 9.17) is 4.74 Å². The molecule has 2 aromatic rings. The number of aliphatic hydroxyl groups is 1. The van der Waals surface area contributed by atoms with Crippen LogP contribution in [0.5, 0.6) is 5.75 Å². The van der Waals surface area contributed by atoms with Crippen LogP contribution in [0.3, 0.4) is 0 Å². The van der Waals surface area contributed by atoms with Gasteiger partial charge in [0.1, 0.15) is 5.75 Å². The summed E-state index contributed by atoms with van der Waals surface area (Å²) < 4.78 is 5.20. The van der Waals surface area contributed by atoms with Crippen LogP contribution in [0.15, 0.2) is 30.5 Å². The zero-order valence-corrected chi connectivity index (χ0v) is 9.97. The van der Waals surface area contributed by atoms with Gasteiger partial charge in [-0.1, -0.05) is 0 Å². The van der Waals surface area contributed by atoms with E-state index in [-0.39, 0.29) is 6.10 Å². The van der Waals surface area contributed by atoms with Gasteiger partial charge in [0.15, 0.2) is 0 Å². The van der Waals surface area contributed by atoms with Gasteiger partial charge in [-0.15, -0.1) is 0 Å². The van der Waals surface area contributed by atoms with Crippen molar-refractivity contribution in [1.82, 2.24) is 4.98 Å². The Bertz CT molecular complexity index is 512. The molecule has 0 saturated heterocycles. The summed E-state index contributed by atoms with van der Waals surface area (Å²) >= 11 is 0. The van der Waals surface area contributed by atoms with E-state index in [1.807, 2.05) is 24.3 Å². The number of nitrogens with one attached hydrogen (secondary N) is 1. The molecule has 0 amide bonds. The molecule has 0 aliphatic heterocycles. The summed E-state index contributed by atoms with van der Waals surface area (Å²) in [6.45, 7) is 2.26. The molecule has 1 aromatic carbocycles. The lowest BCUT2D eigenvalue weighted by Crippen LogP contribution is -2.15. The quantitative estimate of drug-likeness (QED) is 0.847. The van der Waals surface area contributed by atoms with Crippen LogP contribution in [0.1, 0.15) is 6.92 Å². The number of hydrogen-bond donors (Lipinski definition) is 2. The van der Waals surface area contributed by atoms with Gasteiger partial charge in [-0.3, -0.25) is 4.98 Å². The van der Waals surface area contributed by atoms with E-state index in [1.165, 1.54) is 0 Å². The standard InChI is InChI=1S/C13H16N2O2/c1-9(16)8-15-13-5-6-14-12-4-3-10(17-2)7-11(12)13/h3-7,9,16H,8H2,1-2H3,(H,14,15). The Morgan fingerprint density at radius 3 is 2.94 bits per heavy atom. The van der Waals surface area contributed by atoms with Gasteiger partial charge in [-0.05, 0) is 31.2 Å². The number of hydrogen-bond acceptors (Lipinski definition) is 4. The first-order valence-electron chi connectivity index (χ1n) is 5.55. The molecule has 4 heteroatoms. The van der Waals surface area contributed by atoms with Crippen molar-refractivity contribution in [2.75, 3.05) is 19.0 Å². The van der Waals surface area contributed by atoms with E-state index in [0.717, 1.165) is 22.3 Å². The molecule has 90 valence electrons. The Balaban J connectivity index is 2.39. The van der Waals surface area contributed by atoms with Gasteiger partial charge < -0.3 is 15.2 Å². The first-order chi connectivity index (χ1) is 8.20. The van der Waals surface area contributed by atoms with Gasteiger partial charge in [-0.2, -0.15) is 0 Å². The zero-order valence-electron chi connectivity index (χ0n) is 9.97. The lowest BCUT2D eigenvalue weighted by Gasteiger charge is -2.11. The maximum absolute atomic E-state index is 9.28. The van der Waals surface area contributed by atoms with Crippen LogP contribution < -0.4 is 10.1 Å². The zero-order chi connectivity index (χ0) is 12.3. The summed E-state index contributed by atoms with van der Waals surface area (Å²) in [5, 5.41) is 13.5. The van der Waals surface area contributed by atoms with E-state index in [9.17, 15) is 5.11 Å². The second-order valence-electron chi connectivity index (χ2n) is 3.97. The highest BCUT2D eigenvalue weighted by Crippen LogP contribution is 2.25. The first-order valence-corrected chi connectivity index (χ1v) is 5.55. The van der Waals surface area contributed by atoms with Crippen molar-refractivity contribution in [3.63, 3.8) is 0 Å². The summed E-state index contributed by atoms with van der Waals surface area (Å²) in [7, 11) is 1.64. The maximum Gasteiger partial charge on any atom is 0.119 e. The third kappa shape index (κ3) is 2.65. The van der Waals surface area contributed by atoms with E-state index in [0.29, 0.717) is 6.54 Å². The molecular formula is C13H16N2O2. The molecule has 1 atom stereocenters. The fourth-order valence-corrected chi connectivity index (χ4v) is 1.66. The van der Waals surface area contributed by atoms with Gasteiger partial charge >= 0.3 is 0 Å². The Morgan fingerprint density at radius 1 is 1.41 bits per heavy atom. The normalized spacial score (nSPS) is 12.4. The lowest BCUT2D eigenvalue weighted by molar-refractivity contribution is 0.208. The highest BCUT2D eigenvalue weighted by Gasteiger charge is 2.04. The van der Waals surface area contributed by atoms with Crippen molar-refractivity contribution in [2.24, 2.45) is 0 Å². The largest absolute Gasteiger partial charge is 0.497 e. The Hall–Kier alpha value is -1.81. The van der Waals surface area contributed by atoms with Crippen molar-refractivity contribution in [3.05, 3.63) is 30.5 Å². The van der Waals surface area contributed by atoms with Crippen molar-refractivity contribution in [3.8, 4) is 5.75 Å². The molecule has 1 unspecified atom stereocenters. The molecule has 2 N–H and O–H groups in total. The molecule has 0 spiro atoms. The smallest absolute Gasteiger partial charge is 0.119 e. The summed E-state index contributed by atoms with van der Waals surface area (Å²) in [5.74, 6) is 0.797. The Kier molecular flexibility index (Phi) is 3.44. The fraction of sp³-hybridized carbons (Fsp3) is 0.308. The summed E-state index contributed by atoms with van der Waals surface area (Å²) in [6.07, 6.45) is 1.36. The monoisotopic (exact) mass is 232 g/mol. The second-order valence-corrected chi connectivity index (χ2v) is 3.97. The average Bonchev–Trinajstić information content (AvgIpc) is 2.35. The van der Waals surface area contributed by atoms with Crippen molar-refractivity contribution >= 4 is 16.6 Å². The number of methoxy groups -OCH3 is 1. The van der Waals surface area contributed by atoms with Crippen molar-refractivity contribution in [1.29, 1.82) is 0 Å². The molecule has 1 heterocycles. The van der Waals surface area contributed by atoms with Crippen LogP contribution in [0.2, 0.25) is 0 Å². The topological polar surface area (TPSA) is 54.4 Å². The van der Waals surface area contributed by atoms with Gasteiger partial charge in [0, 0.05) is 23.8 Å². The highest BCUT2D eigenvalue weighted by atomic mass is 16.5. The Morgan fingerprint density at radius 2 is 2.24 bits per heavy atom. The Labute approximate surface area is 100 Å². The number of rotatable bonds is 4. The number of fused-ring (bicyclic) bond motifs is 1. The van der Waals surface area contributed by atoms with Crippen LogP contribution in [0, 0.1) is 0 Å². The van der Waals surface area contributed by atoms with Crippen molar-refractivity contribution < 1.29 is 9.84 Å². The van der Waals surface area contributed by atoms with Crippen LogP contribution >= 0.6 is 0 Å². The van der Waals surface area contributed by atoms with Gasteiger partial charge in [0.25, 0.3) is 0 Å². The predicted molar refractivity (Wildman–Crippen MR) is 68.5 cm³/mol. The summed E-state index contributed by atoms with van der Waals surface area (Å²) in [4.78, 5) is 4.29. The molecule has 0 fully saturated rings. The SMILES string of the molecule is COc1ccc2nccc(NCC(C)O)c2c1. The molecule has 17 heavy (non-hydrogen) atoms. The first kappa shape index (κ1) is 11.7. The summed E-state index contributed by atoms with van der Waals surface area (Å²) in [6, 6.07) is 7.63. The minimum absolute atomic E-state index is 0.385. The number of aliphatic hydroxyl groups excluding tert-OH is 1. The van der Waals surface area contributed by atoms with E-state index >= 15 is 0 Å².